The number of aliphatic carboxylic acids is 1. The van der Waals surface area contributed by atoms with Gasteiger partial charge >= 0.3 is 5.97 Å². The molecule has 0 spiro atoms. The van der Waals surface area contributed by atoms with Crippen LogP contribution in [0.1, 0.15) is 31.9 Å². The van der Waals surface area contributed by atoms with Crippen LogP contribution in [0.5, 0.6) is 0 Å². The number of hydrogen-bond donors (Lipinski definition) is 1. The summed E-state index contributed by atoms with van der Waals surface area (Å²) in [5.41, 5.74) is 0.829. The lowest BCUT2D eigenvalue weighted by molar-refractivity contribution is -0.137. The number of aromatic nitrogens is 2. The number of halogens is 1. The number of nitrogens with zero attached hydrogens (tertiary/aromatic N) is 2. The summed E-state index contributed by atoms with van der Waals surface area (Å²) in [4.78, 5) is 10.8. The second kappa shape index (κ2) is 4.79. The topological polar surface area (TPSA) is 55.1 Å². The van der Waals surface area contributed by atoms with Crippen LogP contribution in [0, 0.1) is 5.92 Å². The van der Waals surface area contributed by atoms with Crippen molar-refractivity contribution < 1.29 is 9.90 Å². The van der Waals surface area contributed by atoms with Gasteiger partial charge in [-0.25, -0.2) is 0 Å². The normalized spacial score (nSPS) is 13.1. The Morgan fingerprint density at radius 1 is 1.67 bits per heavy atom. The number of aryl methyl sites for hydroxylation is 1. The van der Waals surface area contributed by atoms with Crippen molar-refractivity contribution in [2.75, 3.05) is 0 Å². The van der Waals surface area contributed by atoms with E-state index >= 15 is 0 Å². The van der Waals surface area contributed by atoms with Crippen LogP contribution in [0.2, 0.25) is 0 Å². The zero-order valence-electron chi connectivity index (χ0n) is 9.07. The molecule has 0 bridgehead atoms. The molecule has 1 heterocycles. The zero-order valence-corrected chi connectivity index (χ0v) is 10.7. The number of rotatable bonds is 4. The molecule has 1 rings (SSSR count). The first-order chi connectivity index (χ1) is 6.91. The molecule has 0 amide bonds. The Hall–Kier alpha value is -0.840. The second-order valence-electron chi connectivity index (χ2n) is 3.98. The van der Waals surface area contributed by atoms with Crippen molar-refractivity contribution in [3.8, 4) is 0 Å². The van der Waals surface area contributed by atoms with E-state index in [1.807, 2.05) is 27.1 Å². The largest absolute Gasteiger partial charge is 0.481 e. The molecule has 0 saturated carbocycles. The Labute approximate surface area is 97.4 Å². The maximum Gasteiger partial charge on any atom is 0.304 e. The Morgan fingerprint density at radius 2 is 2.27 bits per heavy atom. The molecule has 0 aromatic carbocycles. The molecule has 0 aliphatic heterocycles. The van der Waals surface area contributed by atoms with E-state index in [1.54, 1.807) is 4.68 Å². The van der Waals surface area contributed by atoms with Crippen LogP contribution in [0.4, 0.5) is 0 Å². The molecule has 1 aromatic heterocycles. The fourth-order valence-electron chi connectivity index (χ4n) is 1.56. The van der Waals surface area contributed by atoms with E-state index < -0.39 is 5.97 Å². The average molecular weight is 275 g/mol. The van der Waals surface area contributed by atoms with E-state index in [0.717, 1.165) is 10.2 Å². The monoisotopic (exact) mass is 274 g/mol. The lowest BCUT2D eigenvalue weighted by Gasteiger charge is -2.16. The minimum atomic E-state index is -0.786. The van der Waals surface area contributed by atoms with Crippen LogP contribution in [0.25, 0.3) is 0 Å². The zero-order chi connectivity index (χ0) is 11.6. The molecule has 4 nitrogen and oxygen atoms in total. The van der Waals surface area contributed by atoms with Gasteiger partial charge in [0, 0.05) is 19.2 Å². The Morgan fingerprint density at radius 3 is 2.60 bits per heavy atom. The summed E-state index contributed by atoms with van der Waals surface area (Å²) in [7, 11) is 1.83. The predicted octanol–water partition coefficient (Wildman–Crippen LogP) is 2.40. The van der Waals surface area contributed by atoms with Crippen molar-refractivity contribution >= 4 is 21.9 Å². The fourth-order valence-corrected chi connectivity index (χ4v) is 2.23. The highest BCUT2D eigenvalue weighted by Gasteiger charge is 2.24. The van der Waals surface area contributed by atoms with Crippen molar-refractivity contribution in [2.45, 2.75) is 26.2 Å². The Kier molecular flexibility index (Phi) is 3.90. The number of hydrogen-bond acceptors (Lipinski definition) is 2. The molecule has 0 fully saturated rings. The standard InChI is InChI=1S/C10H15BrN2O2/c1-6(2)7(4-9(14)15)10-8(11)5-13(3)12-10/h5-7H,4H2,1-3H3,(H,14,15). The molecule has 0 saturated heterocycles. The summed E-state index contributed by atoms with van der Waals surface area (Å²) in [6.45, 7) is 4.02. The van der Waals surface area contributed by atoms with Gasteiger partial charge in [-0.1, -0.05) is 13.8 Å². The van der Waals surface area contributed by atoms with Crippen molar-refractivity contribution in [1.29, 1.82) is 0 Å². The lowest BCUT2D eigenvalue weighted by Crippen LogP contribution is -2.13. The highest BCUT2D eigenvalue weighted by Crippen LogP contribution is 2.31. The van der Waals surface area contributed by atoms with Crippen LogP contribution < -0.4 is 0 Å². The van der Waals surface area contributed by atoms with Crippen LogP contribution in [0.3, 0.4) is 0 Å². The maximum atomic E-state index is 10.8. The van der Waals surface area contributed by atoms with Crippen LogP contribution in [-0.2, 0) is 11.8 Å². The number of carboxylic acid groups (broad SMARTS) is 1. The first-order valence-electron chi connectivity index (χ1n) is 4.82. The summed E-state index contributed by atoms with van der Waals surface area (Å²) < 4.78 is 2.57. The SMILES string of the molecule is CC(C)C(CC(=O)O)c1nn(C)cc1Br. The van der Waals surface area contributed by atoms with Crippen LogP contribution in [-0.4, -0.2) is 20.9 Å². The van der Waals surface area contributed by atoms with Gasteiger partial charge in [0.1, 0.15) is 0 Å². The first-order valence-corrected chi connectivity index (χ1v) is 5.62. The molecule has 0 aliphatic rings. The van der Waals surface area contributed by atoms with E-state index in [-0.39, 0.29) is 18.3 Å². The molecule has 1 aromatic rings. The predicted molar refractivity (Wildman–Crippen MR) is 60.7 cm³/mol. The Balaban J connectivity index is 2.98. The molecular weight excluding hydrogens is 260 g/mol. The lowest BCUT2D eigenvalue weighted by atomic mass is 9.90. The molecule has 0 aliphatic carbocycles. The van der Waals surface area contributed by atoms with E-state index in [1.165, 1.54) is 0 Å². The summed E-state index contributed by atoms with van der Waals surface area (Å²) in [6, 6.07) is 0. The third-order valence-corrected chi connectivity index (χ3v) is 2.97. The van der Waals surface area contributed by atoms with Gasteiger partial charge < -0.3 is 5.11 Å². The Bertz CT molecular complexity index is 360. The third-order valence-electron chi connectivity index (χ3n) is 2.36. The van der Waals surface area contributed by atoms with Gasteiger partial charge in [0.15, 0.2) is 0 Å². The quantitative estimate of drug-likeness (QED) is 0.918. The van der Waals surface area contributed by atoms with Crippen molar-refractivity contribution in [3.63, 3.8) is 0 Å². The van der Waals surface area contributed by atoms with Gasteiger partial charge in [-0.2, -0.15) is 5.10 Å². The summed E-state index contributed by atoms with van der Waals surface area (Å²) in [5, 5.41) is 13.1. The van der Waals surface area contributed by atoms with Crippen molar-refractivity contribution in [2.24, 2.45) is 13.0 Å². The maximum absolute atomic E-state index is 10.8. The highest BCUT2D eigenvalue weighted by molar-refractivity contribution is 9.10. The van der Waals surface area contributed by atoms with E-state index in [0.29, 0.717) is 0 Å². The van der Waals surface area contributed by atoms with Crippen LogP contribution in [0.15, 0.2) is 10.7 Å². The van der Waals surface area contributed by atoms with Gasteiger partial charge in [-0.3, -0.25) is 9.48 Å². The molecule has 1 unspecified atom stereocenters. The minimum absolute atomic E-state index is 0.0434. The molecule has 1 atom stereocenters. The van der Waals surface area contributed by atoms with Crippen LogP contribution >= 0.6 is 15.9 Å². The fraction of sp³-hybridized carbons (Fsp3) is 0.600. The molecule has 1 N–H and O–H groups in total. The average Bonchev–Trinajstić information content (AvgIpc) is 2.40. The van der Waals surface area contributed by atoms with Gasteiger partial charge in [0.25, 0.3) is 0 Å². The molecule has 15 heavy (non-hydrogen) atoms. The molecule has 0 radical (unpaired) electrons. The number of carboxylic acids is 1. The van der Waals surface area contributed by atoms with Gasteiger partial charge in [0.05, 0.1) is 16.6 Å². The van der Waals surface area contributed by atoms with Gasteiger partial charge in [-0.15, -0.1) is 0 Å². The minimum Gasteiger partial charge on any atom is -0.481 e. The summed E-state index contributed by atoms with van der Waals surface area (Å²) in [5.74, 6) is -0.573. The first kappa shape index (κ1) is 12.2. The van der Waals surface area contributed by atoms with Crippen molar-refractivity contribution in [3.05, 3.63) is 16.4 Å². The molecular formula is C10H15BrN2O2. The van der Waals surface area contributed by atoms with Gasteiger partial charge in [0.2, 0.25) is 0 Å². The number of carbonyl (C=O) groups is 1. The molecule has 5 heteroatoms. The summed E-state index contributed by atoms with van der Waals surface area (Å²) in [6.07, 6.45) is 1.96. The van der Waals surface area contributed by atoms with E-state index in [9.17, 15) is 4.79 Å². The van der Waals surface area contributed by atoms with Crippen molar-refractivity contribution in [1.82, 2.24) is 9.78 Å². The highest BCUT2D eigenvalue weighted by atomic mass is 79.9. The molecule has 84 valence electrons. The van der Waals surface area contributed by atoms with E-state index in [4.69, 9.17) is 5.11 Å². The van der Waals surface area contributed by atoms with Gasteiger partial charge in [-0.05, 0) is 21.8 Å². The third kappa shape index (κ3) is 3.06. The second-order valence-corrected chi connectivity index (χ2v) is 4.84. The van der Waals surface area contributed by atoms with E-state index in [2.05, 4.69) is 21.0 Å². The smallest absolute Gasteiger partial charge is 0.304 e. The summed E-state index contributed by atoms with van der Waals surface area (Å²) >= 11 is 3.40.